The minimum absolute atomic E-state index is 0.106. The van der Waals surface area contributed by atoms with Crippen LogP contribution in [0.15, 0.2) is 0 Å². The van der Waals surface area contributed by atoms with Crippen LogP contribution in [0.5, 0.6) is 0 Å². The third-order valence-electron chi connectivity index (χ3n) is 4.34. The normalized spacial score (nSPS) is 27.8. The molecule has 2 rings (SSSR count). The molecule has 1 aliphatic carbocycles. The molecule has 0 aromatic heterocycles. The number of hydrogen-bond donors (Lipinski definition) is 1. The van der Waals surface area contributed by atoms with E-state index >= 15 is 0 Å². The molecule has 20 heavy (non-hydrogen) atoms. The summed E-state index contributed by atoms with van der Waals surface area (Å²) in [7, 11) is 0. The van der Waals surface area contributed by atoms with Crippen LogP contribution >= 0.6 is 0 Å². The molecular formula is C15H27N3O2. The zero-order valence-electron chi connectivity index (χ0n) is 12.9. The molecule has 0 aromatic carbocycles. The van der Waals surface area contributed by atoms with Gasteiger partial charge in [0.2, 0.25) is 11.8 Å². The van der Waals surface area contributed by atoms with E-state index < -0.39 is 0 Å². The lowest BCUT2D eigenvalue weighted by Crippen LogP contribution is -2.54. The molecule has 0 spiro atoms. The van der Waals surface area contributed by atoms with Gasteiger partial charge in [-0.15, -0.1) is 0 Å². The smallest absolute Gasteiger partial charge is 0.228 e. The molecule has 2 amide bonds. The van der Waals surface area contributed by atoms with Crippen LogP contribution in [0.3, 0.4) is 0 Å². The predicted molar refractivity (Wildman–Crippen MR) is 77.9 cm³/mol. The van der Waals surface area contributed by atoms with Gasteiger partial charge in [0.15, 0.2) is 0 Å². The van der Waals surface area contributed by atoms with Gasteiger partial charge in [-0.25, -0.2) is 0 Å². The molecule has 1 aliphatic heterocycles. The van der Waals surface area contributed by atoms with Gasteiger partial charge >= 0.3 is 0 Å². The summed E-state index contributed by atoms with van der Waals surface area (Å²) >= 11 is 0. The zero-order chi connectivity index (χ0) is 14.9. The fourth-order valence-corrected chi connectivity index (χ4v) is 3.10. The summed E-state index contributed by atoms with van der Waals surface area (Å²) < 4.78 is 0. The van der Waals surface area contributed by atoms with E-state index in [9.17, 15) is 9.59 Å². The molecule has 1 saturated heterocycles. The molecule has 5 nitrogen and oxygen atoms in total. The maximum atomic E-state index is 12.4. The Kier molecular flexibility index (Phi) is 4.37. The van der Waals surface area contributed by atoms with Crippen molar-refractivity contribution in [3.05, 3.63) is 0 Å². The number of carbonyl (C=O) groups excluding carboxylic acids is 2. The number of hydrogen-bond acceptors (Lipinski definition) is 3. The Balaban J connectivity index is 1.85. The fourth-order valence-electron chi connectivity index (χ4n) is 3.10. The van der Waals surface area contributed by atoms with Gasteiger partial charge in [0.25, 0.3) is 0 Å². The van der Waals surface area contributed by atoms with Crippen LogP contribution in [0.25, 0.3) is 0 Å². The molecule has 114 valence electrons. The van der Waals surface area contributed by atoms with Gasteiger partial charge in [0.1, 0.15) is 0 Å². The monoisotopic (exact) mass is 281 g/mol. The Morgan fingerprint density at radius 3 is 2.00 bits per heavy atom. The first-order valence-electron chi connectivity index (χ1n) is 7.63. The summed E-state index contributed by atoms with van der Waals surface area (Å²) in [5.74, 6) is 0.517. The SMILES string of the molecule is CC(C)(C)C(=O)N1CCN(C(=O)C2CCC(N)C2)CC1. The lowest BCUT2D eigenvalue weighted by molar-refractivity contribution is -0.146. The molecule has 5 heteroatoms. The van der Waals surface area contributed by atoms with Crippen molar-refractivity contribution in [3.8, 4) is 0 Å². The van der Waals surface area contributed by atoms with Crippen molar-refractivity contribution in [1.82, 2.24) is 9.80 Å². The third kappa shape index (κ3) is 3.32. The summed E-state index contributed by atoms with van der Waals surface area (Å²) in [4.78, 5) is 28.4. The second-order valence-electron chi connectivity index (χ2n) is 7.14. The van der Waals surface area contributed by atoms with E-state index in [1.54, 1.807) is 0 Å². The van der Waals surface area contributed by atoms with Crippen molar-refractivity contribution in [1.29, 1.82) is 0 Å². The highest BCUT2D eigenvalue weighted by atomic mass is 16.2. The van der Waals surface area contributed by atoms with Gasteiger partial charge in [-0.1, -0.05) is 20.8 Å². The Hall–Kier alpha value is -1.10. The van der Waals surface area contributed by atoms with Crippen LogP contribution in [-0.4, -0.2) is 53.8 Å². The second kappa shape index (κ2) is 5.72. The highest BCUT2D eigenvalue weighted by Crippen LogP contribution is 2.27. The van der Waals surface area contributed by atoms with Crippen LogP contribution in [0.4, 0.5) is 0 Å². The Labute approximate surface area is 121 Å². The molecule has 2 unspecified atom stereocenters. The van der Waals surface area contributed by atoms with Crippen molar-refractivity contribution < 1.29 is 9.59 Å². The van der Waals surface area contributed by atoms with Gasteiger partial charge in [-0.05, 0) is 19.3 Å². The van der Waals surface area contributed by atoms with Gasteiger partial charge < -0.3 is 15.5 Å². The second-order valence-corrected chi connectivity index (χ2v) is 7.14. The topological polar surface area (TPSA) is 66.6 Å². The van der Waals surface area contributed by atoms with Crippen molar-refractivity contribution in [2.75, 3.05) is 26.2 Å². The van der Waals surface area contributed by atoms with Gasteiger partial charge in [-0.2, -0.15) is 0 Å². The van der Waals surface area contributed by atoms with Crippen molar-refractivity contribution in [3.63, 3.8) is 0 Å². The fraction of sp³-hybridized carbons (Fsp3) is 0.867. The molecule has 2 aliphatic rings. The van der Waals surface area contributed by atoms with Gasteiger partial charge in [0.05, 0.1) is 0 Å². The first kappa shape index (κ1) is 15.3. The largest absolute Gasteiger partial charge is 0.339 e. The molecular weight excluding hydrogens is 254 g/mol. The summed E-state index contributed by atoms with van der Waals surface area (Å²) in [5, 5.41) is 0. The quantitative estimate of drug-likeness (QED) is 0.774. The van der Waals surface area contributed by atoms with E-state index in [1.165, 1.54) is 0 Å². The zero-order valence-corrected chi connectivity index (χ0v) is 12.9. The molecule has 1 heterocycles. The van der Waals surface area contributed by atoms with Crippen LogP contribution in [0, 0.1) is 11.3 Å². The first-order valence-corrected chi connectivity index (χ1v) is 7.63. The van der Waals surface area contributed by atoms with E-state index in [0.717, 1.165) is 19.3 Å². The molecule has 2 fully saturated rings. The van der Waals surface area contributed by atoms with E-state index in [2.05, 4.69) is 0 Å². The molecule has 1 saturated carbocycles. The number of piperazine rings is 1. The van der Waals surface area contributed by atoms with E-state index in [0.29, 0.717) is 26.2 Å². The Bertz CT molecular complexity index is 381. The van der Waals surface area contributed by atoms with E-state index in [-0.39, 0.29) is 29.2 Å². The third-order valence-corrected chi connectivity index (χ3v) is 4.34. The standard InChI is InChI=1S/C15H27N3O2/c1-15(2,3)14(20)18-8-6-17(7-9-18)13(19)11-4-5-12(16)10-11/h11-12H,4-10,16H2,1-3H3. The summed E-state index contributed by atoms with van der Waals surface area (Å²) in [6.07, 6.45) is 2.69. The average molecular weight is 281 g/mol. The number of carbonyl (C=O) groups is 2. The summed E-state index contributed by atoms with van der Waals surface area (Å²) in [6, 6.07) is 0.188. The van der Waals surface area contributed by atoms with E-state index in [1.807, 2.05) is 30.6 Å². The van der Waals surface area contributed by atoms with Crippen LogP contribution < -0.4 is 5.73 Å². The molecule has 0 radical (unpaired) electrons. The van der Waals surface area contributed by atoms with Crippen LogP contribution in [0.2, 0.25) is 0 Å². The molecule has 2 N–H and O–H groups in total. The van der Waals surface area contributed by atoms with Crippen LogP contribution in [-0.2, 0) is 9.59 Å². The number of nitrogens with zero attached hydrogens (tertiary/aromatic N) is 2. The van der Waals surface area contributed by atoms with Crippen molar-refractivity contribution in [2.45, 2.75) is 46.1 Å². The highest BCUT2D eigenvalue weighted by molar-refractivity contribution is 5.82. The highest BCUT2D eigenvalue weighted by Gasteiger charge is 2.34. The average Bonchev–Trinajstić information content (AvgIpc) is 2.83. The molecule has 2 atom stereocenters. The Morgan fingerprint density at radius 2 is 1.55 bits per heavy atom. The van der Waals surface area contributed by atoms with Gasteiger partial charge in [0, 0.05) is 43.6 Å². The lowest BCUT2D eigenvalue weighted by atomic mass is 9.94. The predicted octanol–water partition coefficient (Wildman–Crippen LogP) is 0.831. The molecule has 0 bridgehead atoms. The Morgan fingerprint density at radius 1 is 1.00 bits per heavy atom. The summed E-state index contributed by atoms with van der Waals surface area (Å²) in [6.45, 7) is 8.44. The van der Waals surface area contributed by atoms with E-state index in [4.69, 9.17) is 5.73 Å². The molecule has 0 aromatic rings. The maximum absolute atomic E-state index is 12.4. The van der Waals surface area contributed by atoms with Gasteiger partial charge in [-0.3, -0.25) is 9.59 Å². The summed E-state index contributed by atoms with van der Waals surface area (Å²) in [5.41, 5.74) is 5.54. The number of nitrogens with two attached hydrogens (primary N) is 1. The first-order chi connectivity index (χ1) is 9.29. The maximum Gasteiger partial charge on any atom is 0.228 e. The minimum atomic E-state index is -0.343. The minimum Gasteiger partial charge on any atom is -0.339 e. The number of amides is 2. The van der Waals surface area contributed by atoms with Crippen molar-refractivity contribution in [2.24, 2.45) is 17.1 Å². The number of rotatable bonds is 1. The van der Waals surface area contributed by atoms with Crippen molar-refractivity contribution >= 4 is 11.8 Å². The lowest BCUT2D eigenvalue weighted by Gasteiger charge is -2.38. The van der Waals surface area contributed by atoms with Crippen LogP contribution in [0.1, 0.15) is 40.0 Å².